The van der Waals surface area contributed by atoms with Crippen molar-refractivity contribution in [1.82, 2.24) is 0 Å². The molecule has 0 N–H and O–H groups in total. The van der Waals surface area contributed by atoms with Gasteiger partial charge >= 0.3 is 0 Å². The molecule has 1 unspecified atom stereocenters. The third kappa shape index (κ3) is 3.78. The van der Waals surface area contributed by atoms with Gasteiger partial charge < -0.3 is 13.9 Å². The van der Waals surface area contributed by atoms with E-state index >= 15 is 0 Å². The highest BCUT2D eigenvalue weighted by molar-refractivity contribution is 5.76. The quantitative estimate of drug-likeness (QED) is 0.565. The Labute approximate surface area is 154 Å². The summed E-state index contributed by atoms with van der Waals surface area (Å²) >= 11 is 0. The molecule has 0 saturated carbocycles. The fraction of sp³-hybridized carbons (Fsp3) is 0.261. The number of hydrogen-bond donors (Lipinski definition) is 0. The van der Waals surface area contributed by atoms with E-state index in [9.17, 15) is 4.79 Å². The van der Waals surface area contributed by atoms with Crippen LogP contribution in [0.15, 0.2) is 65.1 Å². The number of Topliss-reactive ketones (excluding diaryl/α,β-unsaturated/α-hetero) is 1. The maximum Gasteiger partial charge on any atom is 0.137 e. The van der Waals surface area contributed by atoms with Gasteiger partial charge in [-0.3, -0.25) is 0 Å². The lowest BCUT2D eigenvalue weighted by atomic mass is 9.92. The molecular formula is C23H24O3. The first kappa shape index (κ1) is 18.2. The van der Waals surface area contributed by atoms with E-state index in [1.807, 2.05) is 55.5 Å². The highest BCUT2D eigenvalue weighted by Crippen LogP contribution is 2.39. The lowest BCUT2D eigenvalue weighted by Gasteiger charge is -2.17. The van der Waals surface area contributed by atoms with Crippen LogP contribution < -0.4 is 0 Å². The van der Waals surface area contributed by atoms with Crippen LogP contribution in [0.1, 0.15) is 41.9 Å². The molecule has 1 atom stereocenters. The van der Waals surface area contributed by atoms with Crippen LogP contribution in [0.2, 0.25) is 0 Å². The van der Waals surface area contributed by atoms with Gasteiger partial charge in [-0.05, 0) is 25.8 Å². The number of aryl methyl sites for hydroxylation is 1. The number of benzene rings is 2. The SMILES string of the molecule is COC(c1ccccc1)c1c(C)oc(-c2ccccc2)c1CCC(C)=O. The van der Waals surface area contributed by atoms with Crippen LogP contribution in [0, 0.1) is 6.92 Å². The van der Waals surface area contributed by atoms with Crippen LogP contribution >= 0.6 is 0 Å². The van der Waals surface area contributed by atoms with E-state index in [1.54, 1.807) is 14.0 Å². The lowest BCUT2D eigenvalue weighted by Crippen LogP contribution is -2.08. The van der Waals surface area contributed by atoms with E-state index in [2.05, 4.69) is 12.1 Å². The molecule has 0 bridgehead atoms. The molecule has 0 aliphatic heterocycles. The number of methoxy groups -OCH3 is 1. The van der Waals surface area contributed by atoms with Crippen molar-refractivity contribution in [2.24, 2.45) is 0 Å². The molecule has 0 aliphatic carbocycles. The second kappa shape index (κ2) is 8.15. The molecule has 3 heteroatoms. The standard InChI is InChI=1S/C23H24O3/c1-16(24)14-15-20-21(23(25-3)19-12-8-5-9-13-19)17(2)26-22(20)18-10-6-4-7-11-18/h4-13,23H,14-15H2,1-3H3. The Kier molecular flexibility index (Phi) is 5.69. The fourth-order valence-electron chi connectivity index (χ4n) is 3.37. The van der Waals surface area contributed by atoms with Crippen molar-refractivity contribution in [3.05, 3.63) is 83.1 Å². The lowest BCUT2D eigenvalue weighted by molar-refractivity contribution is -0.116. The molecule has 3 rings (SSSR count). The van der Waals surface area contributed by atoms with Gasteiger partial charge in [0.05, 0.1) is 0 Å². The van der Waals surface area contributed by atoms with Crippen LogP contribution in [0.25, 0.3) is 11.3 Å². The van der Waals surface area contributed by atoms with Crippen molar-refractivity contribution in [1.29, 1.82) is 0 Å². The molecule has 3 aromatic rings. The van der Waals surface area contributed by atoms with Gasteiger partial charge in [0.2, 0.25) is 0 Å². The van der Waals surface area contributed by atoms with E-state index in [-0.39, 0.29) is 11.9 Å². The van der Waals surface area contributed by atoms with Crippen molar-refractivity contribution in [2.75, 3.05) is 7.11 Å². The monoisotopic (exact) mass is 348 g/mol. The normalized spacial score (nSPS) is 12.1. The maximum atomic E-state index is 11.6. The van der Waals surface area contributed by atoms with Crippen molar-refractivity contribution in [2.45, 2.75) is 32.8 Å². The number of ketones is 1. The molecule has 0 fully saturated rings. The number of ether oxygens (including phenoxy) is 1. The predicted molar refractivity (Wildman–Crippen MR) is 103 cm³/mol. The summed E-state index contributed by atoms with van der Waals surface area (Å²) in [4.78, 5) is 11.6. The summed E-state index contributed by atoms with van der Waals surface area (Å²) in [7, 11) is 1.71. The average molecular weight is 348 g/mol. The number of carbonyl (C=O) groups is 1. The molecule has 0 aliphatic rings. The summed E-state index contributed by atoms with van der Waals surface area (Å²) in [6, 6.07) is 20.1. The molecule has 0 radical (unpaired) electrons. The van der Waals surface area contributed by atoms with Crippen LogP contribution in [-0.2, 0) is 16.0 Å². The summed E-state index contributed by atoms with van der Waals surface area (Å²) in [6.07, 6.45) is 0.898. The Hall–Kier alpha value is -2.65. The topological polar surface area (TPSA) is 39.4 Å². The van der Waals surface area contributed by atoms with Gasteiger partial charge in [0.1, 0.15) is 23.4 Å². The summed E-state index contributed by atoms with van der Waals surface area (Å²) in [5.74, 6) is 1.83. The number of hydrogen-bond acceptors (Lipinski definition) is 3. The Morgan fingerprint density at radius 2 is 1.65 bits per heavy atom. The van der Waals surface area contributed by atoms with Crippen LogP contribution in [0.3, 0.4) is 0 Å². The maximum absolute atomic E-state index is 11.6. The van der Waals surface area contributed by atoms with E-state index in [1.165, 1.54) is 0 Å². The largest absolute Gasteiger partial charge is 0.461 e. The highest BCUT2D eigenvalue weighted by Gasteiger charge is 2.26. The van der Waals surface area contributed by atoms with Crippen molar-refractivity contribution >= 4 is 5.78 Å². The molecular weight excluding hydrogens is 324 g/mol. The molecule has 3 nitrogen and oxygen atoms in total. The van der Waals surface area contributed by atoms with E-state index < -0.39 is 0 Å². The van der Waals surface area contributed by atoms with Gasteiger partial charge in [0.15, 0.2) is 0 Å². The Balaban J connectivity index is 2.14. The highest BCUT2D eigenvalue weighted by atomic mass is 16.5. The first-order valence-electron chi connectivity index (χ1n) is 8.86. The zero-order valence-electron chi connectivity index (χ0n) is 15.5. The molecule has 0 saturated heterocycles. The Bertz CT molecular complexity index is 863. The molecule has 0 amide bonds. The summed E-state index contributed by atoms with van der Waals surface area (Å²) < 4.78 is 12.0. The van der Waals surface area contributed by atoms with Crippen molar-refractivity contribution in [3.8, 4) is 11.3 Å². The van der Waals surface area contributed by atoms with E-state index in [0.29, 0.717) is 12.8 Å². The summed E-state index contributed by atoms with van der Waals surface area (Å²) in [6.45, 7) is 3.59. The minimum Gasteiger partial charge on any atom is -0.461 e. The van der Waals surface area contributed by atoms with Gasteiger partial charge in [-0.15, -0.1) is 0 Å². The van der Waals surface area contributed by atoms with Gasteiger partial charge in [0, 0.05) is 30.2 Å². The third-order valence-corrected chi connectivity index (χ3v) is 4.60. The molecule has 0 spiro atoms. The Morgan fingerprint density at radius 3 is 2.23 bits per heavy atom. The minimum absolute atomic E-state index is 0.169. The first-order chi connectivity index (χ1) is 12.6. The molecule has 1 aromatic heterocycles. The molecule has 26 heavy (non-hydrogen) atoms. The number of rotatable bonds is 7. The van der Waals surface area contributed by atoms with Gasteiger partial charge in [0.25, 0.3) is 0 Å². The third-order valence-electron chi connectivity index (χ3n) is 4.60. The van der Waals surface area contributed by atoms with E-state index in [4.69, 9.17) is 9.15 Å². The first-order valence-corrected chi connectivity index (χ1v) is 8.86. The van der Waals surface area contributed by atoms with E-state index in [0.717, 1.165) is 33.8 Å². The van der Waals surface area contributed by atoms with Crippen molar-refractivity contribution in [3.63, 3.8) is 0 Å². The minimum atomic E-state index is -0.223. The van der Waals surface area contributed by atoms with Gasteiger partial charge in [-0.25, -0.2) is 0 Å². The van der Waals surface area contributed by atoms with Crippen LogP contribution in [0.5, 0.6) is 0 Å². The summed E-state index contributed by atoms with van der Waals surface area (Å²) in [5, 5.41) is 0. The fourth-order valence-corrected chi connectivity index (χ4v) is 3.37. The smallest absolute Gasteiger partial charge is 0.137 e. The number of furan rings is 1. The zero-order valence-corrected chi connectivity index (χ0v) is 15.5. The zero-order chi connectivity index (χ0) is 18.5. The Morgan fingerprint density at radius 1 is 1.04 bits per heavy atom. The molecule has 2 aromatic carbocycles. The molecule has 1 heterocycles. The average Bonchev–Trinajstić information content (AvgIpc) is 2.99. The molecule has 134 valence electrons. The second-order valence-electron chi connectivity index (χ2n) is 6.47. The van der Waals surface area contributed by atoms with Crippen LogP contribution in [0.4, 0.5) is 0 Å². The second-order valence-corrected chi connectivity index (χ2v) is 6.47. The van der Waals surface area contributed by atoms with Gasteiger partial charge in [-0.1, -0.05) is 60.7 Å². The summed E-state index contributed by atoms with van der Waals surface area (Å²) in [5.41, 5.74) is 4.17. The van der Waals surface area contributed by atoms with Crippen LogP contribution in [-0.4, -0.2) is 12.9 Å². The van der Waals surface area contributed by atoms with Gasteiger partial charge in [-0.2, -0.15) is 0 Å². The number of carbonyl (C=O) groups excluding carboxylic acids is 1. The van der Waals surface area contributed by atoms with Crippen molar-refractivity contribution < 1.29 is 13.9 Å². The predicted octanol–water partition coefficient (Wildman–Crippen LogP) is 5.51.